The molecule has 0 spiro atoms. The van der Waals surface area contributed by atoms with Crippen molar-refractivity contribution in [3.05, 3.63) is 34.9 Å². The Kier molecular flexibility index (Phi) is 5.29. The molecule has 0 fully saturated rings. The van der Waals surface area contributed by atoms with Crippen molar-refractivity contribution < 1.29 is 4.79 Å². The summed E-state index contributed by atoms with van der Waals surface area (Å²) in [6, 6.07) is 5.65. The summed E-state index contributed by atoms with van der Waals surface area (Å²) in [6.07, 6.45) is 4.76. The van der Waals surface area contributed by atoms with Crippen LogP contribution < -0.4 is 10.6 Å². The van der Waals surface area contributed by atoms with Gasteiger partial charge >= 0.3 is 0 Å². The van der Waals surface area contributed by atoms with Crippen molar-refractivity contribution in [2.75, 3.05) is 17.2 Å². The minimum Gasteiger partial charge on any atom is -0.385 e. The van der Waals surface area contributed by atoms with E-state index < -0.39 is 0 Å². The molecule has 21 heavy (non-hydrogen) atoms. The van der Waals surface area contributed by atoms with Crippen LogP contribution in [0.15, 0.2) is 29.8 Å². The molecule has 2 atom stereocenters. The number of anilines is 2. The lowest BCUT2D eigenvalue weighted by Gasteiger charge is -2.26. The van der Waals surface area contributed by atoms with Crippen LogP contribution in [0.2, 0.25) is 5.02 Å². The fourth-order valence-electron chi connectivity index (χ4n) is 3.02. The molecular weight excluding hydrogens is 284 g/mol. The number of allylic oxidation sites excluding steroid dienone is 2. The normalized spacial score (nSPS) is 21.6. The maximum Gasteiger partial charge on any atom is 0.221 e. The van der Waals surface area contributed by atoms with Gasteiger partial charge in [0, 0.05) is 19.2 Å². The maximum absolute atomic E-state index is 11.1. The molecule has 2 rings (SSSR count). The van der Waals surface area contributed by atoms with Crippen LogP contribution >= 0.6 is 11.6 Å². The van der Waals surface area contributed by atoms with Crippen molar-refractivity contribution in [2.24, 2.45) is 11.8 Å². The van der Waals surface area contributed by atoms with Crippen LogP contribution in [-0.4, -0.2) is 12.5 Å². The van der Waals surface area contributed by atoms with Gasteiger partial charge in [0.05, 0.1) is 10.7 Å². The van der Waals surface area contributed by atoms with Crippen LogP contribution in [-0.2, 0) is 4.79 Å². The molecule has 0 aromatic heterocycles. The molecule has 0 radical (unpaired) electrons. The number of halogens is 1. The minimum absolute atomic E-state index is 0.115. The van der Waals surface area contributed by atoms with Crippen molar-refractivity contribution in [1.82, 2.24) is 0 Å². The number of hydrogen-bond donors (Lipinski definition) is 2. The molecule has 0 bridgehead atoms. The van der Waals surface area contributed by atoms with Gasteiger partial charge in [0.15, 0.2) is 0 Å². The fraction of sp³-hybridized carbons (Fsp3) is 0.471. The Morgan fingerprint density at radius 1 is 1.43 bits per heavy atom. The Labute approximate surface area is 131 Å². The lowest BCUT2D eigenvalue weighted by atomic mass is 9.84. The number of nitrogens with one attached hydrogen (secondary N) is 2. The second-order valence-electron chi connectivity index (χ2n) is 6.05. The average molecular weight is 307 g/mol. The third kappa shape index (κ3) is 4.78. The molecule has 114 valence electrons. The highest BCUT2D eigenvalue weighted by Gasteiger charge is 2.17. The molecule has 1 aromatic rings. The monoisotopic (exact) mass is 306 g/mol. The summed E-state index contributed by atoms with van der Waals surface area (Å²) < 4.78 is 0. The Balaban J connectivity index is 1.93. The minimum atomic E-state index is -0.115. The second kappa shape index (κ2) is 6.99. The van der Waals surface area contributed by atoms with Gasteiger partial charge in [0.2, 0.25) is 5.91 Å². The zero-order valence-electron chi connectivity index (χ0n) is 12.9. The van der Waals surface area contributed by atoms with Gasteiger partial charge in [-0.1, -0.05) is 30.2 Å². The summed E-state index contributed by atoms with van der Waals surface area (Å²) in [5, 5.41) is 6.72. The molecule has 1 aliphatic rings. The van der Waals surface area contributed by atoms with E-state index in [0.717, 1.165) is 18.7 Å². The molecule has 1 aliphatic carbocycles. The van der Waals surface area contributed by atoms with Gasteiger partial charge in [0.1, 0.15) is 0 Å². The van der Waals surface area contributed by atoms with Crippen LogP contribution in [0.4, 0.5) is 11.4 Å². The zero-order valence-corrected chi connectivity index (χ0v) is 13.6. The third-order valence-corrected chi connectivity index (χ3v) is 4.07. The molecule has 1 amide bonds. The van der Waals surface area contributed by atoms with E-state index in [1.807, 2.05) is 18.2 Å². The molecule has 0 saturated heterocycles. The van der Waals surface area contributed by atoms with Crippen molar-refractivity contribution in [3.63, 3.8) is 0 Å². The maximum atomic E-state index is 11.1. The van der Waals surface area contributed by atoms with Crippen LogP contribution in [0.25, 0.3) is 0 Å². The summed E-state index contributed by atoms with van der Waals surface area (Å²) in [7, 11) is 0. The van der Waals surface area contributed by atoms with Crippen LogP contribution in [0.5, 0.6) is 0 Å². The van der Waals surface area contributed by atoms with Gasteiger partial charge in [-0.25, -0.2) is 0 Å². The number of carbonyl (C=O) groups excluding carboxylic acids is 1. The van der Waals surface area contributed by atoms with Gasteiger partial charge in [-0.05, 0) is 49.8 Å². The molecule has 0 aliphatic heterocycles. The zero-order chi connectivity index (χ0) is 15.4. The molecule has 3 nitrogen and oxygen atoms in total. The van der Waals surface area contributed by atoms with Crippen molar-refractivity contribution in [3.8, 4) is 0 Å². The van der Waals surface area contributed by atoms with E-state index >= 15 is 0 Å². The molecule has 1 aromatic carbocycles. The number of hydrogen-bond acceptors (Lipinski definition) is 2. The molecule has 0 saturated carbocycles. The van der Waals surface area contributed by atoms with Gasteiger partial charge in [-0.15, -0.1) is 0 Å². The smallest absolute Gasteiger partial charge is 0.221 e. The largest absolute Gasteiger partial charge is 0.385 e. The van der Waals surface area contributed by atoms with E-state index in [9.17, 15) is 4.79 Å². The van der Waals surface area contributed by atoms with E-state index in [-0.39, 0.29) is 5.91 Å². The SMILES string of the molecule is CC(=O)Nc1ccc(NCC2CC(C)=CC(C)C2)cc1Cl. The first-order chi connectivity index (χ1) is 9.94. The highest BCUT2D eigenvalue weighted by Crippen LogP contribution is 2.29. The highest BCUT2D eigenvalue weighted by atomic mass is 35.5. The summed E-state index contributed by atoms with van der Waals surface area (Å²) in [5.74, 6) is 1.21. The first-order valence-corrected chi connectivity index (χ1v) is 7.80. The van der Waals surface area contributed by atoms with Gasteiger partial charge in [-0.3, -0.25) is 4.79 Å². The molecular formula is C17H23ClN2O. The summed E-state index contributed by atoms with van der Waals surface area (Å²) >= 11 is 6.18. The summed E-state index contributed by atoms with van der Waals surface area (Å²) in [6.45, 7) is 6.91. The van der Waals surface area contributed by atoms with E-state index in [0.29, 0.717) is 22.5 Å². The van der Waals surface area contributed by atoms with Crippen LogP contribution in [0.3, 0.4) is 0 Å². The first kappa shape index (κ1) is 15.9. The van der Waals surface area contributed by atoms with E-state index in [2.05, 4.69) is 30.6 Å². The summed E-state index contributed by atoms with van der Waals surface area (Å²) in [4.78, 5) is 11.1. The van der Waals surface area contributed by atoms with E-state index in [1.54, 1.807) is 0 Å². The number of rotatable bonds is 4. The van der Waals surface area contributed by atoms with Crippen molar-refractivity contribution >= 4 is 28.9 Å². The van der Waals surface area contributed by atoms with Crippen LogP contribution in [0.1, 0.15) is 33.6 Å². The van der Waals surface area contributed by atoms with Gasteiger partial charge in [-0.2, -0.15) is 0 Å². The Morgan fingerprint density at radius 3 is 2.81 bits per heavy atom. The quantitative estimate of drug-likeness (QED) is 0.791. The van der Waals surface area contributed by atoms with E-state index in [4.69, 9.17) is 11.6 Å². The van der Waals surface area contributed by atoms with E-state index in [1.165, 1.54) is 18.9 Å². The molecule has 2 N–H and O–H groups in total. The van der Waals surface area contributed by atoms with Crippen LogP contribution in [0, 0.1) is 11.8 Å². The number of carbonyl (C=O) groups is 1. The first-order valence-electron chi connectivity index (χ1n) is 7.42. The Bertz CT molecular complexity index is 554. The third-order valence-electron chi connectivity index (χ3n) is 3.76. The lowest BCUT2D eigenvalue weighted by Crippen LogP contribution is -2.20. The topological polar surface area (TPSA) is 41.1 Å². The molecule has 2 unspecified atom stereocenters. The molecule has 0 heterocycles. The Morgan fingerprint density at radius 2 is 2.19 bits per heavy atom. The Hall–Kier alpha value is -1.48. The summed E-state index contributed by atoms with van der Waals surface area (Å²) in [5.41, 5.74) is 3.13. The fourth-order valence-corrected chi connectivity index (χ4v) is 3.25. The predicted octanol–water partition coefficient (Wildman–Crippen LogP) is 4.70. The van der Waals surface area contributed by atoms with Crippen molar-refractivity contribution in [2.45, 2.75) is 33.6 Å². The standard InChI is InChI=1S/C17H23ClN2O/c1-11-6-12(2)8-14(7-11)10-19-15-4-5-17(16(18)9-15)20-13(3)21/h4-6,9,11,14,19H,7-8,10H2,1-3H3,(H,20,21). The van der Waals surface area contributed by atoms with Gasteiger partial charge < -0.3 is 10.6 Å². The van der Waals surface area contributed by atoms with Gasteiger partial charge in [0.25, 0.3) is 0 Å². The second-order valence-corrected chi connectivity index (χ2v) is 6.46. The van der Waals surface area contributed by atoms with Crippen molar-refractivity contribution in [1.29, 1.82) is 0 Å². The number of benzene rings is 1. The average Bonchev–Trinajstić information content (AvgIpc) is 2.38. The highest BCUT2D eigenvalue weighted by molar-refractivity contribution is 6.34. The number of amides is 1. The lowest BCUT2D eigenvalue weighted by molar-refractivity contribution is -0.114. The molecule has 4 heteroatoms. The predicted molar refractivity (Wildman–Crippen MR) is 89.9 cm³/mol.